The largest absolute Gasteiger partial charge is 0.493 e. The number of aryl methyl sites for hydroxylation is 1. The fraction of sp³-hybridized carbons (Fsp3) is 0.321. The zero-order chi connectivity index (χ0) is 24.0. The van der Waals surface area contributed by atoms with Crippen molar-refractivity contribution in [3.63, 3.8) is 0 Å². The summed E-state index contributed by atoms with van der Waals surface area (Å²) in [5.41, 5.74) is 3.03. The molecule has 34 heavy (non-hydrogen) atoms. The minimum atomic E-state index is -0.140. The number of pyridine rings is 1. The first-order valence-corrected chi connectivity index (χ1v) is 11.5. The van der Waals surface area contributed by atoms with Crippen molar-refractivity contribution < 1.29 is 18.9 Å². The molecule has 0 fully saturated rings. The molecule has 0 spiro atoms. The van der Waals surface area contributed by atoms with Gasteiger partial charge in [0.05, 0.1) is 39.3 Å². The Hall–Kier alpha value is -3.67. The summed E-state index contributed by atoms with van der Waals surface area (Å²) < 4.78 is 24.4. The van der Waals surface area contributed by atoms with Crippen LogP contribution in [0.15, 0.2) is 41.2 Å². The summed E-state index contributed by atoms with van der Waals surface area (Å²) in [6.07, 6.45) is 6.69. The molecule has 3 aromatic carbocycles. The summed E-state index contributed by atoms with van der Waals surface area (Å²) >= 11 is 0. The predicted octanol–water partition coefficient (Wildman–Crippen LogP) is 5.84. The molecule has 0 saturated heterocycles. The Bertz CT molecular complexity index is 1530. The number of fused-ring (bicyclic) bond motifs is 5. The van der Waals surface area contributed by atoms with Crippen LogP contribution in [-0.4, -0.2) is 33.0 Å². The number of benzene rings is 3. The fourth-order valence-corrected chi connectivity index (χ4v) is 5.36. The van der Waals surface area contributed by atoms with Gasteiger partial charge in [0.2, 0.25) is 0 Å². The van der Waals surface area contributed by atoms with Crippen LogP contribution in [0, 0.1) is 0 Å². The highest BCUT2D eigenvalue weighted by atomic mass is 16.5. The predicted molar refractivity (Wildman–Crippen MR) is 137 cm³/mol. The van der Waals surface area contributed by atoms with Gasteiger partial charge in [-0.25, -0.2) is 0 Å². The maximum atomic E-state index is 13.7. The SMILES string of the molecule is COc1cc2c(ccc3c4ccc(OC)c(OC)c4c(=O)n(C)c23)c(C2=CCCCC2)c1OC. The van der Waals surface area contributed by atoms with Gasteiger partial charge in [0.1, 0.15) is 0 Å². The van der Waals surface area contributed by atoms with E-state index < -0.39 is 0 Å². The van der Waals surface area contributed by atoms with Gasteiger partial charge >= 0.3 is 0 Å². The summed E-state index contributed by atoms with van der Waals surface area (Å²) in [4.78, 5) is 13.7. The molecule has 0 radical (unpaired) electrons. The van der Waals surface area contributed by atoms with Gasteiger partial charge in [-0.2, -0.15) is 0 Å². The van der Waals surface area contributed by atoms with E-state index in [1.54, 1.807) is 40.1 Å². The summed E-state index contributed by atoms with van der Waals surface area (Å²) in [5.74, 6) is 2.37. The maximum absolute atomic E-state index is 13.7. The average molecular weight is 460 g/mol. The monoisotopic (exact) mass is 459 g/mol. The Labute approximate surface area is 198 Å². The zero-order valence-corrected chi connectivity index (χ0v) is 20.3. The molecule has 0 atom stereocenters. The van der Waals surface area contributed by atoms with E-state index >= 15 is 0 Å². The quantitative estimate of drug-likeness (QED) is 0.351. The molecular formula is C28H29NO5. The van der Waals surface area contributed by atoms with Crippen LogP contribution in [0.25, 0.3) is 38.0 Å². The Morgan fingerprint density at radius 2 is 1.47 bits per heavy atom. The highest BCUT2D eigenvalue weighted by Crippen LogP contribution is 2.46. The Morgan fingerprint density at radius 1 is 0.765 bits per heavy atom. The zero-order valence-electron chi connectivity index (χ0n) is 20.3. The smallest absolute Gasteiger partial charge is 0.262 e. The Kier molecular flexibility index (Phi) is 5.60. The topological polar surface area (TPSA) is 58.9 Å². The second-order valence-electron chi connectivity index (χ2n) is 8.61. The first kappa shape index (κ1) is 22.1. The van der Waals surface area contributed by atoms with E-state index in [1.165, 1.54) is 12.0 Å². The molecule has 0 aliphatic heterocycles. The van der Waals surface area contributed by atoms with Gasteiger partial charge in [-0.15, -0.1) is 0 Å². The lowest BCUT2D eigenvalue weighted by Gasteiger charge is -2.22. The van der Waals surface area contributed by atoms with Gasteiger partial charge in [0.25, 0.3) is 5.56 Å². The number of rotatable bonds is 5. The van der Waals surface area contributed by atoms with Crippen molar-refractivity contribution in [3.8, 4) is 23.0 Å². The number of aromatic nitrogens is 1. The minimum absolute atomic E-state index is 0.140. The Morgan fingerprint density at radius 3 is 2.12 bits per heavy atom. The van der Waals surface area contributed by atoms with Crippen LogP contribution >= 0.6 is 0 Å². The molecule has 1 aliphatic rings. The van der Waals surface area contributed by atoms with Crippen LogP contribution in [0.4, 0.5) is 0 Å². The second kappa shape index (κ2) is 8.60. The third kappa shape index (κ3) is 3.12. The third-order valence-corrected chi connectivity index (χ3v) is 6.94. The van der Waals surface area contributed by atoms with Crippen molar-refractivity contribution in [1.29, 1.82) is 0 Å². The molecule has 0 saturated carbocycles. The molecule has 6 nitrogen and oxygen atoms in total. The molecule has 1 aliphatic carbocycles. The number of nitrogens with zero attached hydrogens (tertiary/aromatic N) is 1. The number of allylic oxidation sites excluding steroid dienone is 2. The summed E-state index contributed by atoms with van der Waals surface area (Å²) in [6.45, 7) is 0. The highest BCUT2D eigenvalue weighted by molar-refractivity contribution is 6.18. The van der Waals surface area contributed by atoms with Gasteiger partial charge in [0, 0.05) is 28.8 Å². The van der Waals surface area contributed by atoms with E-state index in [9.17, 15) is 4.79 Å². The minimum Gasteiger partial charge on any atom is -0.493 e. The van der Waals surface area contributed by atoms with E-state index in [0.717, 1.165) is 57.6 Å². The lowest BCUT2D eigenvalue weighted by atomic mass is 9.88. The lowest BCUT2D eigenvalue weighted by Crippen LogP contribution is -2.18. The molecule has 0 amide bonds. The van der Waals surface area contributed by atoms with E-state index in [0.29, 0.717) is 22.6 Å². The number of hydrogen-bond acceptors (Lipinski definition) is 5. The van der Waals surface area contributed by atoms with E-state index in [4.69, 9.17) is 18.9 Å². The molecule has 0 N–H and O–H groups in total. The summed E-state index contributed by atoms with van der Waals surface area (Å²) in [5, 5.41) is 4.29. The van der Waals surface area contributed by atoms with E-state index in [-0.39, 0.29) is 5.56 Å². The van der Waals surface area contributed by atoms with Crippen molar-refractivity contribution in [2.75, 3.05) is 28.4 Å². The van der Waals surface area contributed by atoms with E-state index in [1.807, 2.05) is 18.2 Å². The first-order chi connectivity index (χ1) is 16.5. The van der Waals surface area contributed by atoms with Crippen LogP contribution in [0.3, 0.4) is 0 Å². The van der Waals surface area contributed by atoms with E-state index in [2.05, 4.69) is 18.2 Å². The molecule has 1 aromatic heterocycles. The standard InChI is InChI=1S/C28H29NO5/c1-29-25-19(17-13-14-21(31-2)26(33-4)24(17)28(29)30)12-11-18-20(25)15-22(32-3)27(34-5)23(18)16-9-7-6-8-10-16/h9,11-15H,6-8,10H2,1-5H3. The molecule has 0 unspecified atom stereocenters. The van der Waals surface area contributed by atoms with Crippen LogP contribution in [0.5, 0.6) is 23.0 Å². The second-order valence-corrected chi connectivity index (χ2v) is 8.61. The number of methoxy groups -OCH3 is 4. The molecule has 5 rings (SSSR count). The van der Waals surface area contributed by atoms with Crippen LogP contribution < -0.4 is 24.5 Å². The first-order valence-electron chi connectivity index (χ1n) is 11.5. The third-order valence-electron chi connectivity index (χ3n) is 6.94. The molecule has 0 bridgehead atoms. The fourth-order valence-electron chi connectivity index (χ4n) is 5.36. The molecule has 6 heteroatoms. The highest BCUT2D eigenvalue weighted by Gasteiger charge is 2.23. The average Bonchev–Trinajstić information content (AvgIpc) is 2.89. The van der Waals surface area contributed by atoms with Crippen molar-refractivity contribution in [1.82, 2.24) is 4.57 Å². The van der Waals surface area contributed by atoms with Crippen molar-refractivity contribution >= 4 is 38.0 Å². The van der Waals surface area contributed by atoms with Gasteiger partial charge in [-0.05, 0) is 54.8 Å². The van der Waals surface area contributed by atoms with Gasteiger partial charge in [0.15, 0.2) is 23.0 Å². The molecular weight excluding hydrogens is 430 g/mol. The van der Waals surface area contributed by atoms with Gasteiger partial charge < -0.3 is 23.5 Å². The number of hydrogen-bond donors (Lipinski definition) is 0. The normalized spacial score (nSPS) is 13.9. The van der Waals surface area contributed by atoms with Crippen LogP contribution in [0.2, 0.25) is 0 Å². The summed E-state index contributed by atoms with van der Waals surface area (Å²) in [6, 6.07) is 9.97. The molecule has 4 aromatic rings. The molecule has 1 heterocycles. The van der Waals surface area contributed by atoms with Crippen LogP contribution in [-0.2, 0) is 7.05 Å². The van der Waals surface area contributed by atoms with Crippen LogP contribution in [0.1, 0.15) is 31.2 Å². The lowest BCUT2D eigenvalue weighted by molar-refractivity contribution is 0.355. The van der Waals surface area contributed by atoms with Crippen molar-refractivity contribution in [2.45, 2.75) is 25.7 Å². The summed E-state index contributed by atoms with van der Waals surface area (Å²) in [7, 11) is 8.27. The van der Waals surface area contributed by atoms with Crippen molar-refractivity contribution in [3.05, 3.63) is 52.3 Å². The van der Waals surface area contributed by atoms with Gasteiger partial charge in [-0.3, -0.25) is 4.79 Å². The number of ether oxygens (including phenoxy) is 4. The van der Waals surface area contributed by atoms with Crippen molar-refractivity contribution in [2.24, 2.45) is 7.05 Å². The van der Waals surface area contributed by atoms with Gasteiger partial charge in [-0.1, -0.05) is 18.2 Å². The Balaban J connectivity index is 1.99. The molecule has 176 valence electrons. The maximum Gasteiger partial charge on any atom is 0.262 e.